The molecular formula is C48H29NO2S. The normalized spacial score (nSPS) is 11.8. The zero-order valence-electron chi connectivity index (χ0n) is 27.9. The molecule has 244 valence electrons. The first-order valence-corrected chi connectivity index (χ1v) is 18.3. The van der Waals surface area contributed by atoms with Crippen LogP contribution in [0, 0.1) is 0 Å². The van der Waals surface area contributed by atoms with Crippen LogP contribution in [-0.2, 0) is 0 Å². The minimum Gasteiger partial charge on any atom is -0.456 e. The molecule has 0 saturated heterocycles. The molecule has 0 aliphatic rings. The Balaban J connectivity index is 1.18. The van der Waals surface area contributed by atoms with E-state index in [1.165, 1.54) is 25.7 Å². The van der Waals surface area contributed by atoms with Gasteiger partial charge in [0, 0.05) is 69.9 Å². The van der Waals surface area contributed by atoms with E-state index in [-0.39, 0.29) is 0 Å². The Morgan fingerprint density at radius 3 is 1.77 bits per heavy atom. The van der Waals surface area contributed by atoms with Crippen molar-refractivity contribution >= 4 is 92.4 Å². The molecule has 0 amide bonds. The summed E-state index contributed by atoms with van der Waals surface area (Å²) in [4.78, 5) is 2.30. The van der Waals surface area contributed by atoms with Crippen molar-refractivity contribution in [1.82, 2.24) is 0 Å². The molecule has 3 aromatic heterocycles. The van der Waals surface area contributed by atoms with E-state index in [1.54, 1.807) is 0 Å². The Labute approximate surface area is 303 Å². The lowest BCUT2D eigenvalue weighted by Gasteiger charge is -2.25. The first-order valence-electron chi connectivity index (χ1n) is 17.5. The number of benzene rings is 8. The average Bonchev–Trinajstić information content (AvgIpc) is 3.90. The van der Waals surface area contributed by atoms with Gasteiger partial charge >= 0.3 is 0 Å². The van der Waals surface area contributed by atoms with Gasteiger partial charge in [0.25, 0.3) is 0 Å². The van der Waals surface area contributed by atoms with Crippen LogP contribution in [-0.4, -0.2) is 0 Å². The Hall–Kier alpha value is -6.62. The SMILES string of the molecule is c1ccc(N(c2ccccc2)c2ccc(-c3ccc4c(oc5ccc6oc7ccccc7c6c54)c3-c3cccc4c3sc3ccccc34)cc2)cc1. The summed E-state index contributed by atoms with van der Waals surface area (Å²) in [6.45, 7) is 0. The van der Waals surface area contributed by atoms with Gasteiger partial charge in [-0.3, -0.25) is 0 Å². The molecule has 11 rings (SSSR count). The van der Waals surface area contributed by atoms with E-state index < -0.39 is 0 Å². The Morgan fingerprint density at radius 1 is 0.385 bits per heavy atom. The van der Waals surface area contributed by atoms with Crippen molar-refractivity contribution in [2.75, 3.05) is 4.90 Å². The van der Waals surface area contributed by atoms with Gasteiger partial charge in [-0.15, -0.1) is 11.3 Å². The predicted octanol–water partition coefficient (Wildman–Crippen LogP) is 14.7. The minimum atomic E-state index is 0.854. The third kappa shape index (κ3) is 4.38. The first kappa shape index (κ1) is 29.1. The fraction of sp³-hybridized carbons (Fsp3) is 0. The van der Waals surface area contributed by atoms with E-state index in [9.17, 15) is 0 Å². The molecule has 0 bridgehead atoms. The molecule has 0 aliphatic carbocycles. The highest BCUT2D eigenvalue weighted by Gasteiger charge is 2.23. The van der Waals surface area contributed by atoms with Crippen LogP contribution in [0.15, 0.2) is 185 Å². The first-order chi connectivity index (χ1) is 25.8. The van der Waals surface area contributed by atoms with Crippen LogP contribution in [0.3, 0.4) is 0 Å². The molecule has 3 heterocycles. The fourth-order valence-electron chi connectivity index (χ4n) is 7.99. The summed E-state index contributed by atoms with van der Waals surface area (Å²) in [7, 11) is 0. The second-order valence-corrected chi connectivity index (χ2v) is 14.3. The molecule has 3 nitrogen and oxygen atoms in total. The monoisotopic (exact) mass is 683 g/mol. The van der Waals surface area contributed by atoms with Gasteiger partial charge in [-0.1, -0.05) is 109 Å². The van der Waals surface area contributed by atoms with Crippen molar-refractivity contribution in [3.63, 3.8) is 0 Å². The quantitative estimate of drug-likeness (QED) is 0.181. The number of nitrogens with zero attached hydrogens (tertiary/aromatic N) is 1. The molecule has 11 aromatic rings. The van der Waals surface area contributed by atoms with Crippen LogP contribution in [0.1, 0.15) is 0 Å². The van der Waals surface area contributed by atoms with Crippen LogP contribution in [0.5, 0.6) is 0 Å². The highest BCUT2D eigenvalue weighted by Crippen LogP contribution is 2.49. The number of fused-ring (bicyclic) bond motifs is 10. The number of furan rings is 2. The molecular weight excluding hydrogens is 655 g/mol. The van der Waals surface area contributed by atoms with E-state index in [0.29, 0.717) is 0 Å². The molecule has 0 spiro atoms. The molecule has 0 fully saturated rings. The van der Waals surface area contributed by atoms with Gasteiger partial charge in [0.05, 0.1) is 0 Å². The Morgan fingerprint density at radius 2 is 1.00 bits per heavy atom. The van der Waals surface area contributed by atoms with Crippen molar-refractivity contribution in [2.24, 2.45) is 0 Å². The second-order valence-electron chi connectivity index (χ2n) is 13.2. The van der Waals surface area contributed by atoms with Crippen molar-refractivity contribution in [2.45, 2.75) is 0 Å². The van der Waals surface area contributed by atoms with Gasteiger partial charge < -0.3 is 13.7 Å². The highest BCUT2D eigenvalue weighted by atomic mass is 32.1. The number of anilines is 3. The maximum atomic E-state index is 6.98. The zero-order valence-corrected chi connectivity index (χ0v) is 28.7. The molecule has 0 radical (unpaired) electrons. The molecule has 0 N–H and O–H groups in total. The summed E-state index contributed by atoms with van der Waals surface area (Å²) in [5, 5.41) is 6.90. The van der Waals surface area contributed by atoms with Crippen molar-refractivity contribution < 1.29 is 8.83 Å². The van der Waals surface area contributed by atoms with Crippen LogP contribution in [0.2, 0.25) is 0 Å². The summed E-state index contributed by atoms with van der Waals surface area (Å²) in [6, 6.07) is 62.3. The van der Waals surface area contributed by atoms with Gasteiger partial charge in [-0.05, 0) is 77.9 Å². The number of hydrogen-bond donors (Lipinski definition) is 0. The number of rotatable bonds is 5. The molecule has 0 unspecified atom stereocenters. The van der Waals surface area contributed by atoms with Crippen LogP contribution >= 0.6 is 11.3 Å². The lowest BCUT2D eigenvalue weighted by atomic mass is 9.91. The summed E-state index contributed by atoms with van der Waals surface area (Å²) in [6.07, 6.45) is 0. The van der Waals surface area contributed by atoms with Crippen molar-refractivity contribution in [3.05, 3.63) is 176 Å². The molecule has 52 heavy (non-hydrogen) atoms. The van der Waals surface area contributed by atoms with Gasteiger partial charge in [0.1, 0.15) is 22.3 Å². The lowest BCUT2D eigenvalue weighted by molar-refractivity contribution is 0.663. The maximum absolute atomic E-state index is 6.98. The van der Waals surface area contributed by atoms with E-state index in [1.807, 2.05) is 29.5 Å². The third-order valence-corrected chi connectivity index (χ3v) is 11.5. The summed E-state index contributed by atoms with van der Waals surface area (Å²) < 4.78 is 15.8. The highest BCUT2D eigenvalue weighted by molar-refractivity contribution is 7.26. The fourth-order valence-corrected chi connectivity index (χ4v) is 9.21. The largest absolute Gasteiger partial charge is 0.456 e. The van der Waals surface area contributed by atoms with Gasteiger partial charge in [0.2, 0.25) is 0 Å². The average molecular weight is 684 g/mol. The predicted molar refractivity (Wildman–Crippen MR) is 219 cm³/mol. The topological polar surface area (TPSA) is 29.5 Å². The molecule has 0 atom stereocenters. The van der Waals surface area contributed by atoms with Gasteiger partial charge in [-0.2, -0.15) is 0 Å². The van der Waals surface area contributed by atoms with E-state index in [4.69, 9.17) is 8.83 Å². The van der Waals surface area contributed by atoms with Crippen LogP contribution < -0.4 is 4.90 Å². The third-order valence-electron chi connectivity index (χ3n) is 10.3. The maximum Gasteiger partial charge on any atom is 0.143 e. The van der Waals surface area contributed by atoms with Crippen molar-refractivity contribution in [1.29, 1.82) is 0 Å². The summed E-state index contributed by atoms with van der Waals surface area (Å²) in [5.74, 6) is 0. The van der Waals surface area contributed by atoms with Crippen LogP contribution in [0.4, 0.5) is 17.1 Å². The van der Waals surface area contributed by atoms with E-state index in [0.717, 1.165) is 77.6 Å². The minimum absolute atomic E-state index is 0.854. The number of para-hydroxylation sites is 3. The molecule has 0 aliphatic heterocycles. The van der Waals surface area contributed by atoms with Gasteiger partial charge in [0.15, 0.2) is 0 Å². The second kappa shape index (κ2) is 11.5. The van der Waals surface area contributed by atoms with E-state index >= 15 is 0 Å². The summed E-state index contributed by atoms with van der Waals surface area (Å²) in [5.41, 5.74) is 11.3. The standard InChI is InChI=1S/C48H29NO2S/c1-3-12-31(13-4-1)49(32-14-5-2-6-15-32)33-24-22-30(23-25-33)34-26-27-38-46-42(29-28-41-45(46)37-17-7-9-20-40(37)50-41)51-47(38)44(34)39-19-11-18-36-35-16-8-10-21-43(35)52-48(36)39/h1-29H. The Kier molecular flexibility index (Phi) is 6.42. The number of hydrogen-bond acceptors (Lipinski definition) is 4. The lowest BCUT2D eigenvalue weighted by Crippen LogP contribution is -2.09. The van der Waals surface area contributed by atoms with Crippen LogP contribution in [0.25, 0.3) is 86.3 Å². The van der Waals surface area contributed by atoms with Gasteiger partial charge in [-0.25, -0.2) is 0 Å². The Bertz CT molecular complexity index is 3080. The molecule has 4 heteroatoms. The zero-order chi connectivity index (χ0) is 34.2. The van der Waals surface area contributed by atoms with Crippen molar-refractivity contribution in [3.8, 4) is 22.3 Å². The summed E-state index contributed by atoms with van der Waals surface area (Å²) >= 11 is 1.85. The molecule has 8 aromatic carbocycles. The smallest absolute Gasteiger partial charge is 0.143 e. The molecule has 0 saturated carbocycles. The van der Waals surface area contributed by atoms with E-state index in [2.05, 4.69) is 163 Å². The number of thiophene rings is 1.